The highest BCUT2D eigenvalue weighted by Gasteiger charge is 2.54. The lowest BCUT2D eigenvalue weighted by Gasteiger charge is -2.25. The van der Waals surface area contributed by atoms with Crippen molar-refractivity contribution in [1.29, 1.82) is 0 Å². The number of imidazole rings is 2. The van der Waals surface area contributed by atoms with Crippen molar-refractivity contribution >= 4 is 49.7 Å². The Morgan fingerprint density at radius 2 is 1.51 bits per heavy atom. The van der Waals surface area contributed by atoms with Crippen LogP contribution in [-0.2, 0) is 36.7 Å². The molecule has 0 aliphatic carbocycles. The van der Waals surface area contributed by atoms with E-state index in [0.717, 1.165) is 17.2 Å². The number of H-pyrrole nitrogens is 1. The molecular formula is C20H23FN10O12P2. The van der Waals surface area contributed by atoms with Gasteiger partial charge >= 0.3 is 15.6 Å². The zero-order valence-electron chi connectivity index (χ0n) is 22.3. The summed E-state index contributed by atoms with van der Waals surface area (Å²) in [6, 6.07) is 0. The highest BCUT2D eigenvalue weighted by atomic mass is 31.2. The lowest BCUT2D eigenvalue weighted by Crippen LogP contribution is -2.36. The summed E-state index contributed by atoms with van der Waals surface area (Å²) in [6.45, 7) is -1.82. The maximum atomic E-state index is 15.7. The maximum absolute atomic E-state index is 15.7. The van der Waals surface area contributed by atoms with E-state index in [0.29, 0.717) is 0 Å². The van der Waals surface area contributed by atoms with E-state index < -0.39 is 83.6 Å². The first-order valence-electron chi connectivity index (χ1n) is 12.9. The molecule has 3 fully saturated rings. The van der Waals surface area contributed by atoms with E-state index in [2.05, 4.69) is 29.9 Å². The Bertz CT molecular complexity index is 1940. The molecule has 3 saturated heterocycles. The van der Waals surface area contributed by atoms with Crippen molar-refractivity contribution in [2.45, 2.75) is 49.1 Å². The number of phosphoric acid groups is 2. The number of aromatic nitrogens is 8. The van der Waals surface area contributed by atoms with Crippen molar-refractivity contribution in [2.24, 2.45) is 0 Å². The summed E-state index contributed by atoms with van der Waals surface area (Å²) in [5, 5.41) is 11.1. The minimum Gasteiger partial charge on any atom is -0.386 e. The molecular weight excluding hydrogens is 653 g/mol. The highest BCUT2D eigenvalue weighted by molar-refractivity contribution is 7.47. The zero-order valence-corrected chi connectivity index (χ0v) is 24.1. The van der Waals surface area contributed by atoms with E-state index in [1.807, 2.05) is 0 Å². The predicted octanol–water partition coefficient (Wildman–Crippen LogP) is -1.36. The largest absolute Gasteiger partial charge is 0.472 e. The molecule has 8 N–H and O–H groups in total. The average Bonchev–Trinajstić information content (AvgIpc) is 3.72. The number of anilines is 2. The molecule has 45 heavy (non-hydrogen) atoms. The number of halogens is 1. The minimum absolute atomic E-state index is 0.0241. The summed E-state index contributed by atoms with van der Waals surface area (Å²) in [4.78, 5) is 55.5. The van der Waals surface area contributed by atoms with Gasteiger partial charge in [-0.15, -0.1) is 0 Å². The minimum atomic E-state index is -5.19. The highest BCUT2D eigenvalue weighted by Crippen LogP contribution is 2.54. The van der Waals surface area contributed by atoms with Crippen LogP contribution in [0.3, 0.4) is 0 Å². The van der Waals surface area contributed by atoms with Gasteiger partial charge in [-0.3, -0.25) is 37.0 Å². The normalized spacial score (nSPS) is 37.7. The molecule has 0 saturated carbocycles. The second-order valence-corrected chi connectivity index (χ2v) is 12.9. The Balaban J connectivity index is 1.21. The van der Waals surface area contributed by atoms with Gasteiger partial charge in [-0.2, -0.15) is 4.98 Å². The van der Waals surface area contributed by atoms with E-state index >= 15 is 4.39 Å². The zero-order chi connectivity index (χ0) is 31.8. The Hall–Kier alpha value is -3.47. The molecule has 4 aromatic rings. The summed E-state index contributed by atoms with van der Waals surface area (Å²) in [7, 11) is -10.3. The van der Waals surface area contributed by atoms with Gasteiger partial charge in [0.2, 0.25) is 5.95 Å². The maximum Gasteiger partial charge on any atom is 0.472 e. The van der Waals surface area contributed by atoms with Gasteiger partial charge in [0, 0.05) is 0 Å². The number of ether oxygens (including phenoxy) is 2. The lowest BCUT2D eigenvalue weighted by atomic mass is 10.1. The summed E-state index contributed by atoms with van der Waals surface area (Å²) in [5.41, 5.74) is 10.6. The Morgan fingerprint density at radius 1 is 0.889 bits per heavy atom. The SMILES string of the molecule is Nc1nc2c(ncn2[C@@H]2O[C@@H]3COP(=O)(O)O[C@@H]4C(COP(=O)(O)O[C@@H]2[C@H]3F)O[C@@H](n2cnc3c(N)ncnc32)[C@@H]4O)c(=O)[nH]1. The van der Waals surface area contributed by atoms with Crippen molar-refractivity contribution in [3.8, 4) is 0 Å². The number of phosphoric ester groups is 2. The number of aliphatic hydroxyl groups is 1. The summed E-state index contributed by atoms with van der Waals surface area (Å²) in [6.07, 6.45) is -10.5. The Kier molecular flexibility index (Phi) is 7.26. The predicted molar refractivity (Wildman–Crippen MR) is 142 cm³/mol. The molecule has 2 bridgehead atoms. The fraction of sp³-hybridized carbons (Fsp3) is 0.500. The molecule has 25 heteroatoms. The molecule has 242 valence electrons. The van der Waals surface area contributed by atoms with Crippen molar-refractivity contribution in [3.05, 3.63) is 29.3 Å². The molecule has 10 atom stereocenters. The molecule has 3 aliphatic heterocycles. The van der Waals surface area contributed by atoms with E-state index in [-0.39, 0.29) is 34.1 Å². The third kappa shape index (κ3) is 5.30. The number of nitrogens with one attached hydrogen (secondary N) is 1. The standard InChI is InChI=1S/C20H23FN10O12P2/c21-8-6-1-38-44(34,35)42-12-7(41-18(11(12)32)30-4-26-9-14(22)24-3-25-15(9)30)2-39-45(36,37)43-13(8)19(40-6)31-5-27-10-16(31)28-20(23)29-17(10)33/h3-8,11-13,18-19,32H,1-2H2,(H,34,35)(H,36,37)(H2,22,24,25)(H3,23,28,29,33)/t6-,7?,8+,11-,12-,13-,18-,19-/m1/s1. The number of nitrogens with zero attached hydrogens (tertiary/aromatic N) is 7. The first kappa shape index (κ1) is 30.2. The number of aliphatic hydroxyl groups excluding tert-OH is 1. The fourth-order valence-electron chi connectivity index (χ4n) is 5.27. The van der Waals surface area contributed by atoms with Crippen molar-refractivity contribution in [1.82, 2.24) is 39.0 Å². The molecule has 3 unspecified atom stereocenters. The van der Waals surface area contributed by atoms with E-state index in [1.165, 1.54) is 10.9 Å². The van der Waals surface area contributed by atoms with Crippen molar-refractivity contribution < 1.29 is 56.0 Å². The third-order valence-electron chi connectivity index (χ3n) is 7.27. The average molecular weight is 676 g/mol. The van der Waals surface area contributed by atoms with Crippen molar-refractivity contribution in [3.63, 3.8) is 0 Å². The first-order chi connectivity index (χ1) is 21.3. The van der Waals surface area contributed by atoms with Crippen LogP contribution in [0.5, 0.6) is 0 Å². The summed E-state index contributed by atoms with van der Waals surface area (Å²) in [5.74, 6) is -0.291. The number of hydrogen-bond donors (Lipinski definition) is 6. The van der Waals surface area contributed by atoms with Gasteiger partial charge < -0.3 is 35.8 Å². The molecule has 7 heterocycles. The number of hydrogen-bond acceptors (Lipinski definition) is 17. The van der Waals surface area contributed by atoms with Gasteiger partial charge in [0.15, 0.2) is 41.3 Å². The van der Waals surface area contributed by atoms with E-state index in [9.17, 15) is 28.8 Å². The van der Waals surface area contributed by atoms with Crippen LogP contribution in [0, 0.1) is 0 Å². The number of nitrogens with two attached hydrogens (primary N) is 2. The molecule has 4 aromatic heterocycles. The molecule has 22 nitrogen and oxygen atoms in total. The van der Waals surface area contributed by atoms with Gasteiger partial charge in [0.05, 0.1) is 25.9 Å². The van der Waals surface area contributed by atoms with Gasteiger partial charge in [-0.25, -0.2) is 33.5 Å². The van der Waals surface area contributed by atoms with Crippen LogP contribution >= 0.6 is 15.6 Å². The molecule has 0 amide bonds. The third-order valence-corrected chi connectivity index (χ3v) is 9.24. The van der Waals surface area contributed by atoms with Gasteiger partial charge in [-0.1, -0.05) is 0 Å². The number of alkyl halides is 1. The van der Waals surface area contributed by atoms with Crippen LogP contribution in [0.25, 0.3) is 22.3 Å². The molecule has 0 spiro atoms. The summed E-state index contributed by atoms with van der Waals surface area (Å²) >= 11 is 0. The topological polar surface area (TPSA) is 309 Å². The Morgan fingerprint density at radius 3 is 2.24 bits per heavy atom. The second kappa shape index (κ2) is 10.8. The molecule has 3 aliphatic rings. The smallest absolute Gasteiger partial charge is 0.386 e. The van der Waals surface area contributed by atoms with Crippen LogP contribution in [0.1, 0.15) is 12.5 Å². The van der Waals surface area contributed by atoms with Crippen LogP contribution in [0.2, 0.25) is 0 Å². The monoisotopic (exact) mass is 676 g/mol. The van der Waals surface area contributed by atoms with Gasteiger partial charge in [0.25, 0.3) is 5.56 Å². The van der Waals surface area contributed by atoms with Crippen LogP contribution in [0.4, 0.5) is 16.2 Å². The van der Waals surface area contributed by atoms with Gasteiger partial charge in [-0.05, 0) is 0 Å². The number of rotatable bonds is 2. The van der Waals surface area contributed by atoms with Crippen LogP contribution in [-0.4, -0.2) is 104 Å². The van der Waals surface area contributed by atoms with E-state index in [4.69, 9.17) is 39.0 Å². The van der Waals surface area contributed by atoms with E-state index in [1.54, 1.807) is 0 Å². The van der Waals surface area contributed by atoms with Crippen molar-refractivity contribution in [2.75, 3.05) is 24.7 Å². The number of aromatic amines is 1. The number of fused-ring (bicyclic) bond motifs is 5. The second-order valence-electron chi connectivity index (χ2n) is 10.1. The number of nitrogen functional groups attached to an aromatic ring is 2. The fourth-order valence-corrected chi connectivity index (χ4v) is 7.16. The molecule has 0 radical (unpaired) electrons. The lowest BCUT2D eigenvalue weighted by molar-refractivity contribution is -0.0671. The van der Waals surface area contributed by atoms with Crippen LogP contribution in [0.15, 0.2) is 23.8 Å². The molecule has 7 rings (SSSR count). The first-order valence-corrected chi connectivity index (χ1v) is 15.9. The summed E-state index contributed by atoms with van der Waals surface area (Å²) < 4.78 is 76.1. The van der Waals surface area contributed by atoms with Crippen LogP contribution < -0.4 is 17.0 Å². The molecule has 0 aromatic carbocycles. The quantitative estimate of drug-likeness (QED) is 0.133. The van der Waals surface area contributed by atoms with Gasteiger partial charge in [0.1, 0.15) is 42.4 Å². The Labute approximate surface area is 248 Å².